The van der Waals surface area contributed by atoms with E-state index in [1.54, 1.807) is 6.07 Å². The van der Waals surface area contributed by atoms with E-state index in [4.69, 9.17) is 16.3 Å². The van der Waals surface area contributed by atoms with Crippen LogP contribution < -0.4 is 15.4 Å². The van der Waals surface area contributed by atoms with Gasteiger partial charge in [0.25, 0.3) is 5.91 Å². The van der Waals surface area contributed by atoms with E-state index < -0.39 is 0 Å². The Bertz CT molecular complexity index is 1010. The SMILES string of the molecule is Cc1ccc(NC(=O)[C@@H]([NH2+][C@@H]2CCOc3ccccc32)c2ccccc2)cc1Cl. The average Bonchev–Trinajstić information content (AvgIpc) is 2.75. The lowest BCUT2D eigenvalue weighted by Gasteiger charge is -2.27. The summed E-state index contributed by atoms with van der Waals surface area (Å²) in [7, 11) is 0. The number of nitrogens with two attached hydrogens (primary N) is 1. The number of fused-ring (bicyclic) bond motifs is 1. The summed E-state index contributed by atoms with van der Waals surface area (Å²) in [6.07, 6.45) is 0.851. The Morgan fingerprint density at radius 3 is 2.66 bits per heavy atom. The molecule has 3 aromatic carbocycles. The van der Waals surface area contributed by atoms with Gasteiger partial charge < -0.3 is 15.4 Å². The van der Waals surface area contributed by atoms with Crippen molar-refractivity contribution in [2.24, 2.45) is 0 Å². The van der Waals surface area contributed by atoms with E-state index in [0.717, 1.165) is 28.9 Å². The highest BCUT2D eigenvalue weighted by Gasteiger charge is 2.32. The molecule has 1 aliphatic heterocycles. The second kappa shape index (κ2) is 8.68. The van der Waals surface area contributed by atoms with Crippen LogP contribution in [0.4, 0.5) is 5.69 Å². The number of rotatable bonds is 5. The minimum atomic E-state index is -0.382. The molecule has 0 bridgehead atoms. The van der Waals surface area contributed by atoms with E-state index in [2.05, 4.69) is 16.7 Å². The molecule has 0 fully saturated rings. The van der Waals surface area contributed by atoms with Crippen molar-refractivity contribution in [1.82, 2.24) is 0 Å². The Hall–Kier alpha value is -2.82. The summed E-state index contributed by atoms with van der Waals surface area (Å²) in [6, 6.07) is 23.3. The third-order valence-corrected chi connectivity index (χ3v) is 5.72. The molecule has 0 aromatic heterocycles. The monoisotopic (exact) mass is 407 g/mol. The van der Waals surface area contributed by atoms with Gasteiger partial charge in [0.15, 0.2) is 6.04 Å². The second-order valence-corrected chi connectivity index (χ2v) is 7.72. The van der Waals surface area contributed by atoms with Gasteiger partial charge in [-0.1, -0.05) is 60.1 Å². The molecule has 1 aliphatic rings. The molecule has 4 nitrogen and oxygen atoms in total. The fourth-order valence-electron chi connectivity index (χ4n) is 3.70. The Labute approximate surface area is 175 Å². The van der Waals surface area contributed by atoms with Gasteiger partial charge in [-0.05, 0) is 36.8 Å². The third kappa shape index (κ3) is 4.44. The number of anilines is 1. The molecule has 0 saturated heterocycles. The largest absolute Gasteiger partial charge is 0.493 e. The maximum atomic E-state index is 13.3. The minimum absolute atomic E-state index is 0.0694. The fraction of sp³-hybridized carbons (Fsp3) is 0.208. The van der Waals surface area contributed by atoms with E-state index in [9.17, 15) is 4.79 Å². The van der Waals surface area contributed by atoms with Crippen LogP contribution in [0.2, 0.25) is 5.02 Å². The van der Waals surface area contributed by atoms with E-state index >= 15 is 0 Å². The van der Waals surface area contributed by atoms with E-state index in [1.165, 1.54) is 0 Å². The predicted octanol–water partition coefficient (Wildman–Crippen LogP) is 4.42. The van der Waals surface area contributed by atoms with Gasteiger partial charge in [-0.15, -0.1) is 0 Å². The average molecular weight is 408 g/mol. The lowest BCUT2D eigenvalue weighted by Crippen LogP contribution is -2.88. The Kier molecular flexibility index (Phi) is 5.84. The van der Waals surface area contributed by atoms with Crippen molar-refractivity contribution in [3.8, 4) is 5.75 Å². The lowest BCUT2D eigenvalue weighted by molar-refractivity contribution is -0.723. The van der Waals surface area contributed by atoms with E-state index in [-0.39, 0.29) is 18.0 Å². The first kappa shape index (κ1) is 19.5. The zero-order chi connectivity index (χ0) is 20.2. The molecule has 4 rings (SSSR count). The molecule has 3 aromatic rings. The van der Waals surface area contributed by atoms with Gasteiger partial charge in [-0.2, -0.15) is 0 Å². The molecule has 2 atom stereocenters. The molecule has 0 radical (unpaired) electrons. The quantitative estimate of drug-likeness (QED) is 0.658. The number of carbonyl (C=O) groups excluding carboxylic acids is 1. The molecule has 3 N–H and O–H groups in total. The molecule has 29 heavy (non-hydrogen) atoms. The van der Waals surface area contributed by atoms with Crippen LogP contribution in [0.5, 0.6) is 5.75 Å². The normalized spacial score (nSPS) is 16.4. The fourth-order valence-corrected chi connectivity index (χ4v) is 3.88. The standard InChI is InChI=1S/C24H23ClN2O2/c1-16-11-12-18(15-20(16)25)26-24(28)23(17-7-3-2-4-8-17)27-21-13-14-29-22-10-6-5-9-19(21)22/h2-12,15,21,23,27H,13-14H2,1H3,(H,26,28)/p+1/t21-,23+/m1/s1. The minimum Gasteiger partial charge on any atom is -0.493 e. The number of nitrogens with one attached hydrogen (secondary N) is 1. The number of hydrogen-bond acceptors (Lipinski definition) is 2. The van der Waals surface area contributed by atoms with Gasteiger partial charge in [0.05, 0.1) is 12.2 Å². The molecule has 0 aliphatic carbocycles. The topological polar surface area (TPSA) is 54.9 Å². The summed E-state index contributed by atoms with van der Waals surface area (Å²) < 4.78 is 5.79. The molecule has 1 heterocycles. The predicted molar refractivity (Wildman–Crippen MR) is 115 cm³/mol. The van der Waals surface area contributed by atoms with Gasteiger partial charge in [0, 0.05) is 22.7 Å². The zero-order valence-corrected chi connectivity index (χ0v) is 17.0. The van der Waals surface area contributed by atoms with Crippen LogP contribution in [-0.4, -0.2) is 12.5 Å². The van der Waals surface area contributed by atoms with Gasteiger partial charge in [-0.3, -0.25) is 4.79 Å². The number of halogens is 1. The maximum Gasteiger partial charge on any atom is 0.287 e. The van der Waals surface area contributed by atoms with Crippen molar-refractivity contribution >= 4 is 23.2 Å². The van der Waals surface area contributed by atoms with Crippen molar-refractivity contribution in [2.75, 3.05) is 11.9 Å². The molecule has 5 heteroatoms. The first-order chi connectivity index (χ1) is 14.1. The summed E-state index contributed by atoms with van der Waals surface area (Å²) in [6.45, 7) is 2.59. The Morgan fingerprint density at radius 1 is 1.10 bits per heavy atom. The van der Waals surface area contributed by atoms with Crippen molar-refractivity contribution < 1.29 is 14.8 Å². The molecule has 1 amide bonds. The summed E-state index contributed by atoms with van der Waals surface area (Å²) in [5.41, 5.74) is 3.78. The molecule has 0 saturated carbocycles. The second-order valence-electron chi connectivity index (χ2n) is 7.32. The maximum absolute atomic E-state index is 13.3. The zero-order valence-electron chi connectivity index (χ0n) is 16.3. The van der Waals surface area contributed by atoms with Crippen LogP contribution in [0.25, 0.3) is 0 Å². The summed E-state index contributed by atoms with van der Waals surface area (Å²) >= 11 is 6.23. The number of carbonyl (C=O) groups is 1. The lowest BCUT2D eigenvalue weighted by atomic mass is 9.97. The summed E-state index contributed by atoms with van der Waals surface area (Å²) in [4.78, 5) is 13.3. The number of hydrogen-bond donors (Lipinski definition) is 2. The third-order valence-electron chi connectivity index (χ3n) is 5.31. The van der Waals surface area contributed by atoms with Gasteiger partial charge in [0.1, 0.15) is 11.8 Å². The van der Waals surface area contributed by atoms with Crippen molar-refractivity contribution in [3.05, 3.63) is 94.5 Å². The summed E-state index contributed by atoms with van der Waals surface area (Å²) in [5, 5.41) is 5.82. The highest BCUT2D eigenvalue weighted by Crippen LogP contribution is 2.30. The number of amides is 1. The molecule has 0 unspecified atom stereocenters. The van der Waals surface area contributed by atoms with Crippen LogP contribution in [-0.2, 0) is 4.79 Å². The number of quaternary nitrogens is 1. The van der Waals surface area contributed by atoms with E-state index in [0.29, 0.717) is 17.3 Å². The highest BCUT2D eigenvalue weighted by molar-refractivity contribution is 6.31. The Balaban J connectivity index is 1.61. The van der Waals surface area contributed by atoms with Gasteiger partial charge in [0.2, 0.25) is 0 Å². The smallest absolute Gasteiger partial charge is 0.287 e. The number of para-hydroxylation sites is 1. The van der Waals surface area contributed by atoms with Crippen LogP contribution in [0.15, 0.2) is 72.8 Å². The van der Waals surface area contributed by atoms with Crippen molar-refractivity contribution in [2.45, 2.75) is 25.4 Å². The van der Waals surface area contributed by atoms with Crippen LogP contribution in [0.1, 0.15) is 35.2 Å². The van der Waals surface area contributed by atoms with Crippen molar-refractivity contribution in [3.63, 3.8) is 0 Å². The molecular formula is C24H24ClN2O2+. The van der Waals surface area contributed by atoms with Crippen molar-refractivity contribution in [1.29, 1.82) is 0 Å². The highest BCUT2D eigenvalue weighted by atomic mass is 35.5. The Morgan fingerprint density at radius 2 is 1.86 bits per heavy atom. The number of aryl methyl sites for hydroxylation is 1. The van der Waals surface area contributed by atoms with Crippen LogP contribution >= 0.6 is 11.6 Å². The van der Waals surface area contributed by atoms with Crippen LogP contribution in [0, 0.1) is 6.92 Å². The number of ether oxygens (including phenoxy) is 1. The van der Waals surface area contributed by atoms with Crippen LogP contribution in [0.3, 0.4) is 0 Å². The van der Waals surface area contributed by atoms with Gasteiger partial charge in [-0.25, -0.2) is 0 Å². The van der Waals surface area contributed by atoms with E-state index in [1.807, 2.05) is 67.6 Å². The first-order valence-electron chi connectivity index (χ1n) is 9.80. The first-order valence-corrected chi connectivity index (χ1v) is 10.2. The number of benzene rings is 3. The van der Waals surface area contributed by atoms with Gasteiger partial charge >= 0.3 is 0 Å². The molecule has 148 valence electrons. The molecule has 0 spiro atoms. The molecular weight excluding hydrogens is 384 g/mol. The summed E-state index contributed by atoms with van der Waals surface area (Å²) in [5.74, 6) is 0.831.